The highest BCUT2D eigenvalue weighted by atomic mass is 32.2. The number of hydrogen-bond acceptors (Lipinski definition) is 8. The van der Waals surface area contributed by atoms with Crippen molar-refractivity contribution in [1.29, 1.82) is 0 Å². The quantitative estimate of drug-likeness (QED) is 0.339. The lowest BCUT2D eigenvalue weighted by atomic mass is 10.1. The summed E-state index contributed by atoms with van der Waals surface area (Å²) in [7, 11) is -3.82. The van der Waals surface area contributed by atoms with Gasteiger partial charge in [0.05, 0.1) is 17.4 Å². The molecule has 1 aromatic carbocycles. The van der Waals surface area contributed by atoms with E-state index in [1.165, 1.54) is 30.3 Å². The number of carbonyl (C=O) groups is 1. The molecule has 0 radical (unpaired) electrons. The number of nitrogens with two attached hydrogens (primary N) is 2. The van der Waals surface area contributed by atoms with Crippen LogP contribution in [0, 0.1) is 4.91 Å². The molecule has 1 heterocycles. The molecule has 4 N–H and O–H groups in total. The van der Waals surface area contributed by atoms with Crippen molar-refractivity contribution in [3.05, 3.63) is 52.2 Å². The molecular formula is C12H13N5O4S2. The number of thiophene rings is 1. The first-order valence-corrected chi connectivity index (χ1v) is 8.51. The molecule has 0 unspecified atom stereocenters. The Labute approximate surface area is 136 Å². The maximum absolute atomic E-state index is 12.3. The first kappa shape index (κ1) is 17.0. The van der Waals surface area contributed by atoms with Gasteiger partial charge in [-0.3, -0.25) is 4.79 Å². The van der Waals surface area contributed by atoms with Crippen LogP contribution in [0.1, 0.15) is 5.56 Å². The van der Waals surface area contributed by atoms with Crippen LogP contribution in [-0.2, 0) is 21.2 Å². The van der Waals surface area contributed by atoms with Gasteiger partial charge in [0, 0.05) is 0 Å². The Morgan fingerprint density at radius 2 is 1.83 bits per heavy atom. The van der Waals surface area contributed by atoms with E-state index in [-0.39, 0.29) is 21.4 Å². The van der Waals surface area contributed by atoms with Crippen LogP contribution in [0.25, 0.3) is 0 Å². The van der Waals surface area contributed by atoms with Crippen LogP contribution >= 0.6 is 11.3 Å². The zero-order valence-electron chi connectivity index (χ0n) is 11.7. The minimum absolute atomic E-state index is 0.120. The highest BCUT2D eigenvalue weighted by Crippen LogP contribution is 2.24. The molecule has 0 aliphatic carbocycles. The number of rotatable bonds is 6. The van der Waals surface area contributed by atoms with E-state index < -0.39 is 15.9 Å². The Bertz CT molecular complexity index is 789. The third-order valence-corrected chi connectivity index (χ3v) is 5.85. The summed E-state index contributed by atoms with van der Waals surface area (Å²) >= 11 is 1.06. The van der Waals surface area contributed by atoms with Crippen LogP contribution in [0.4, 0.5) is 5.69 Å². The van der Waals surface area contributed by atoms with Crippen molar-refractivity contribution in [1.82, 2.24) is 5.12 Å². The number of hydrogen-bond donors (Lipinski definition) is 2. The van der Waals surface area contributed by atoms with Gasteiger partial charge < -0.3 is 0 Å². The summed E-state index contributed by atoms with van der Waals surface area (Å²) in [6.45, 7) is 0. The number of sulfonamides is 1. The number of amides is 1. The predicted octanol–water partition coefficient (Wildman–Crippen LogP) is 0.743. The maximum atomic E-state index is 12.3. The molecule has 0 spiro atoms. The fourth-order valence-corrected chi connectivity index (χ4v) is 3.89. The molecule has 1 aromatic heterocycles. The first-order valence-electron chi connectivity index (χ1n) is 6.19. The molecule has 2 rings (SSSR count). The second kappa shape index (κ2) is 6.83. The molecule has 11 heteroatoms. The fourth-order valence-electron chi connectivity index (χ4n) is 1.71. The van der Waals surface area contributed by atoms with Crippen molar-refractivity contribution in [3.8, 4) is 0 Å². The van der Waals surface area contributed by atoms with Gasteiger partial charge in [-0.15, -0.1) is 21.4 Å². The number of nitrogens with zero attached hydrogens (tertiary/aromatic N) is 3. The molecule has 0 fully saturated rings. The van der Waals surface area contributed by atoms with Crippen LogP contribution in [-0.4, -0.2) is 19.4 Å². The second-order valence-corrected chi connectivity index (χ2v) is 7.39. The third-order valence-electron chi connectivity index (χ3n) is 2.90. The topological polar surface area (TPSA) is 139 Å². The van der Waals surface area contributed by atoms with Gasteiger partial charge in [-0.1, -0.05) is 18.2 Å². The average Bonchev–Trinajstić information content (AvgIpc) is 3.09. The standard InChI is InChI=1S/C12H13N5O4S2/c13-16(15-19)11(18)8-9-3-5-10(6-4-9)17(14)23(20,21)12-2-1-7-22-12/h1-7H,8,13-14H2. The summed E-state index contributed by atoms with van der Waals surface area (Å²) in [4.78, 5) is 21.6. The van der Waals surface area contributed by atoms with E-state index in [2.05, 4.69) is 5.29 Å². The van der Waals surface area contributed by atoms with E-state index in [9.17, 15) is 18.1 Å². The first-order chi connectivity index (χ1) is 10.9. The van der Waals surface area contributed by atoms with E-state index in [0.717, 1.165) is 11.3 Å². The van der Waals surface area contributed by atoms with Gasteiger partial charge in [-0.25, -0.2) is 16.1 Å². The molecule has 122 valence electrons. The van der Waals surface area contributed by atoms with E-state index in [4.69, 9.17) is 11.7 Å². The van der Waals surface area contributed by atoms with Crippen LogP contribution in [0.3, 0.4) is 0 Å². The Morgan fingerprint density at radius 3 is 2.35 bits per heavy atom. The molecule has 9 nitrogen and oxygen atoms in total. The monoisotopic (exact) mass is 355 g/mol. The van der Waals surface area contributed by atoms with Crippen molar-refractivity contribution in [2.45, 2.75) is 10.6 Å². The Hall–Kier alpha value is -2.34. The Balaban J connectivity index is 2.16. The lowest BCUT2D eigenvalue weighted by Crippen LogP contribution is -2.37. The largest absolute Gasteiger partial charge is 0.287 e. The molecular weight excluding hydrogens is 342 g/mol. The van der Waals surface area contributed by atoms with Crippen molar-refractivity contribution in [2.24, 2.45) is 17.0 Å². The number of anilines is 1. The maximum Gasteiger partial charge on any atom is 0.287 e. The lowest BCUT2D eigenvalue weighted by molar-refractivity contribution is -0.130. The van der Waals surface area contributed by atoms with Gasteiger partial charge in [-0.05, 0) is 29.1 Å². The van der Waals surface area contributed by atoms with Crippen LogP contribution in [0.2, 0.25) is 0 Å². The van der Waals surface area contributed by atoms with Gasteiger partial charge in [0.1, 0.15) is 4.21 Å². The van der Waals surface area contributed by atoms with Crippen molar-refractivity contribution >= 4 is 33.0 Å². The normalized spacial score (nSPS) is 11.0. The molecule has 0 atom stereocenters. The minimum Gasteiger partial charge on any atom is -0.271 e. The van der Waals surface area contributed by atoms with Gasteiger partial charge in [0.2, 0.25) is 0 Å². The second-order valence-electron chi connectivity index (χ2n) is 4.40. The predicted molar refractivity (Wildman–Crippen MR) is 85.1 cm³/mol. The summed E-state index contributed by atoms with van der Waals surface area (Å²) in [5, 5.41) is 4.13. The van der Waals surface area contributed by atoms with E-state index in [0.29, 0.717) is 9.98 Å². The lowest BCUT2D eigenvalue weighted by Gasteiger charge is -2.18. The number of nitroso groups, excluding NO2 is 1. The average molecular weight is 355 g/mol. The van der Waals surface area contributed by atoms with Gasteiger partial charge in [0.15, 0.2) is 0 Å². The van der Waals surface area contributed by atoms with Crippen LogP contribution < -0.4 is 16.1 Å². The van der Waals surface area contributed by atoms with E-state index in [1.54, 1.807) is 11.4 Å². The SMILES string of the molecule is NN(N=O)C(=O)Cc1ccc(N(N)S(=O)(=O)c2cccs2)cc1. The zero-order valence-corrected chi connectivity index (χ0v) is 13.3. The van der Waals surface area contributed by atoms with Gasteiger partial charge in [0.25, 0.3) is 15.9 Å². The number of benzene rings is 1. The molecule has 0 saturated heterocycles. The molecule has 2 aromatic rings. The van der Waals surface area contributed by atoms with Crippen LogP contribution in [0.5, 0.6) is 0 Å². The molecule has 0 bridgehead atoms. The molecule has 0 saturated carbocycles. The summed E-state index contributed by atoms with van der Waals surface area (Å²) in [6.07, 6.45) is -0.148. The minimum atomic E-state index is -3.82. The fraction of sp³-hybridized carbons (Fsp3) is 0.0833. The third kappa shape index (κ3) is 3.71. The van der Waals surface area contributed by atoms with Gasteiger partial charge >= 0.3 is 0 Å². The smallest absolute Gasteiger partial charge is 0.271 e. The summed E-state index contributed by atoms with van der Waals surface area (Å²) in [6, 6.07) is 8.98. The molecule has 0 aliphatic rings. The summed E-state index contributed by atoms with van der Waals surface area (Å²) in [5.41, 5.74) is 0.757. The summed E-state index contributed by atoms with van der Waals surface area (Å²) in [5.74, 6) is 10.0. The van der Waals surface area contributed by atoms with Crippen molar-refractivity contribution < 1.29 is 13.2 Å². The van der Waals surface area contributed by atoms with Gasteiger partial charge in [-0.2, -0.15) is 8.42 Å². The van der Waals surface area contributed by atoms with E-state index >= 15 is 0 Å². The Kier molecular flexibility index (Phi) is 5.05. The van der Waals surface area contributed by atoms with E-state index in [1.807, 2.05) is 0 Å². The van der Waals surface area contributed by atoms with Crippen molar-refractivity contribution in [2.75, 3.05) is 4.41 Å². The van der Waals surface area contributed by atoms with Crippen molar-refractivity contribution in [3.63, 3.8) is 0 Å². The highest BCUT2D eigenvalue weighted by Gasteiger charge is 2.23. The zero-order chi connectivity index (χ0) is 17.0. The number of carbonyl (C=O) groups excluding carboxylic acids is 1. The summed E-state index contributed by atoms with van der Waals surface area (Å²) < 4.78 is 25.3. The molecule has 23 heavy (non-hydrogen) atoms. The highest BCUT2D eigenvalue weighted by molar-refractivity contribution is 7.94. The Morgan fingerprint density at radius 1 is 1.17 bits per heavy atom. The molecule has 1 amide bonds. The number of hydrazine groups is 2. The molecule has 0 aliphatic heterocycles. The van der Waals surface area contributed by atoms with Crippen LogP contribution in [0.15, 0.2) is 51.3 Å².